The van der Waals surface area contributed by atoms with Crippen molar-refractivity contribution >= 4 is 11.7 Å². The molecule has 0 N–H and O–H groups in total. The summed E-state index contributed by atoms with van der Waals surface area (Å²) in [6.45, 7) is 5.19. The molecule has 0 atom stereocenters. The van der Waals surface area contributed by atoms with Crippen LogP contribution in [0, 0.1) is 0 Å². The fourth-order valence-electron chi connectivity index (χ4n) is 1.78. The lowest BCUT2D eigenvalue weighted by molar-refractivity contribution is -0.130. The number of ketones is 1. The van der Waals surface area contributed by atoms with Gasteiger partial charge in [0, 0.05) is 26.1 Å². The molecule has 0 aliphatic rings. The minimum Gasteiger partial charge on any atom is -0.343 e. The third-order valence-corrected chi connectivity index (χ3v) is 2.92. The summed E-state index contributed by atoms with van der Waals surface area (Å²) < 4.78 is 37.7. The van der Waals surface area contributed by atoms with Crippen LogP contribution in [0.15, 0.2) is 6.20 Å². The zero-order valence-electron chi connectivity index (χ0n) is 11.9. The first-order chi connectivity index (χ1) is 9.79. The quantitative estimate of drug-likeness (QED) is 0.719. The molecule has 0 bridgehead atoms. The summed E-state index contributed by atoms with van der Waals surface area (Å²) in [4.78, 5) is 24.3. The monoisotopic (exact) mass is 306 g/mol. The molecule has 0 saturated carbocycles. The molecule has 1 amide bonds. The van der Waals surface area contributed by atoms with Crippen LogP contribution in [0.1, 0.15) is 37.2 Å². The number of Topliss-reactive ketones (excluding diaryl/α,β-unsaturated/α-hetero) is 1. The second-order valence-electron chi connectivity index (χ2n) is 4.36. The first-order valence-electron chi connectivity index (χ1n) is 6.59. The highest BCUT2D eigenvalue weighted by Gasteiger charge is 2.41. The van der Waals surface area contributed by atoms with Gasteiger partial charge in [-0.25, -0.2) is 0 Å². The van der Waals surface area contributed by atoms with Crippen LogP contribution in [0.3, 0.4) is 0 Å². The van der Waals surface area contributed by atoms with Crippen molar-refractivity contribution in [1.29, 1.82) is 0 Å². The number of aryl methyl sites for hydroxylation is 1. The van der Waals surface area contributed by atoms with E-state index in [1.165, 1.54) is 0 Å². The highest BCUT2D eigenvalue weighted by Crippen LogP contribution is 2.19. The number of aromatic nitrogens is 3. The molecule has 118 valence electrons. The highest BCUT2D eigenvalue weighted by molar-refractivity contribution is 5.98. The smallest absolute Gasteiger partial charge is 0.343 e. The molecule has 1 aromatic heterocycles. The molecule has 1 aromatic rings. The summed E-state index contributed by atoms with van der Waals surface area (Å²) in [5, 5.41) is 6.65. The molecule has 21 heavy (non-hydrogen) atoms. The second-order valence-corrected chi connectivity index (χ2v) is 4.36. The lowest BCUT2D eigenvalue weighted by atomic mass is 10.2. The lowest BCUT2D eigenvalue weighted by Gasteiger charge is -2.18. The van der Waals surface area contributed by atoms with Crippen molar-refractivity contribution in [2.75, 3.05) is 13.1 Å². The molecule has 9 heteroatoms. The van der Waals surface area contributed by atoms with Gasteiger partial charge >= 0.3 is 6.18 Å². The topological polar surface area (TPSA) is 68.1 Å². The number of amides is 1. The summed E-state index contributed by atoms with van der Waals surface area (Å²) in [6.07, 6.45) is -3.33. The van der Waals surface area contributed by atoms with Gasteiger partial charge in [-0.1, -0.05) is 5.21 Å². The van der Waals surface area contributed by atoms with Crippen molar-refractivity contribution < 1.29 is 22.8 Å². The normalized spacial score (nSPS) is 11.5. The van der Waals surface area contributed by atoms with Gasteiger partial charge < -0.3 is 4.90 Å². The summed E-state index contributed by atoms with van der Waals surface area (Å²) in [6, 6.07) is 0. The largest absolute Gasteiger partial charge is 0.456 e. The van der Waals surface area contributed by atoms with Gasteiger partial charge in [-0.2, -0.15) is 13.2 Å². The molecule has 0 saturated heterocycles. The number of carbonyl (C=O) groups is 2. The molecule has 0 aliphatic heterocycles. The van der Waals surface area contributed by atoms with Gasteiger partial charge in [0.25, 0.3) is 5.78 Å². The predicted octanol–water partition coefficient (Wildman–Crippen LogP) is 1.67. The fourth-order valence-corrected chi connectivity index (χ4v) is 1.78. The van der Waals surface area contributed by atoms with Crippen molar-refractivity contribution in [3.63, 3.8) is 0 Å². The Balaban J connectivity index is 2.49. The van der Waals surface area contributed by atoms with Crippen molar-refractivity contribution in [3.8, 4) is 0 Å². The van der Waals surface area contributed by atoms with Crippen LogP contribution in [0.5, 0.6) is 0 Å². The molecular formula is C12H17F3N4O2. The van der Waals surface area contributed by atoms with E-state index in [9.17, 15) is 22.8 Å². The second kappa shape index (κ2) is 7.19. The first-order valence-corrected chi connectivity index (χ1v) is 6.59. The summed E-state index contributed by atoms with van der Waals surface area (Å²) in [7, 11) is 0. The van der Waals surface area contributed by atoms with Crippen LogP contribution < -0.4 is 0 Å². The van der Waals surface area contributed by atoms with E-state index < -0.39 is 17.7 Å². The lowest BCUT2D eigenvalue weighted by Crippen LogP contribution is -2.30. The van der Waals surface area contributed by atoms with E-state index >= 15 is 0 Å². The third kappa shape index (κ3) is 4.83. The van der Waals surface area contributed by atoms with Crippen LogP contribution in [0.2, 0.25) is 0 Å². The fraction of sp³-hybridized carbons (Fsp3) is 0.667. The van der Waals surface area contributed by atoms with E-state index in [-0.39, 0.29) is 18.9 Å². The van der Waals surface area contributed by atoms with Gasteiger partial charge in [-0.05, 0) is 20.3 Å². The Kier molecular flexibility index (Phi) is 5.86. The van der Waals surface area contributed by atoms with Gasteiger partial charge in [-0.15, -0.1) is 5.10 Å². The number of halogens is 3. The molecule has 0 unspecified atom stereocenters. The standard InChI is InChI=1S/C12H17F3N4O2/c1-3-18(4-2)10(20)6-5-7-19-8-9(16-17-19)11(21)12(13,14)15/h8H,3-7H2,1-2H3. The van der Waals surface area contributed by atoms with Crippen molar-refractivity contribution in [3.05, 3.63) is 11.9 Å². The Morgan fingerprint density at radius 2 is 1.90 bits per heavy atom. The number of hydrogen-bond donors (Lipinski definition) is 0. The Hall–Kier alpha value is -1.93. The summed E-state index contributed by atoms with van der Waals surface area (Å²) in [5.74, 6) is -2.04. The molecule has 0 fully saturated rings. The molecule has 0 radical (unpaired) electrons. The highest BCUT2D eigenvalue weighted by atomic mass is 19.4. The van der Waals surface area contributed by atoms with Gasteiger partial charge in [0.2, 0.25) is 5.91 Å². The molecule has 1 rings (SSSR count). The SMILES string of the molecule is CCN(CC)C(=O)CCCn1cc(C(=O)C(F)(F)F)nn1. The number of hydrogen-bond acceptors (Lipinski definition) is 4. The summed E-state index contributed by atoms with van der Waals surface area (Å²) in [5.41, 5.74) is -0.738. The maximum Gasteiger partial charge on any atom is 0.456 e. The van der Waals surface area contributed by atoms with E-state index in [1.807, 2.05) is 13.8 Å². The number of carbonyl (C=O) groups excluding carboxylic acids is 2. The molecule has 0 spiro atoms. The first kappa shape index (κ1) is 17.1. The predicted molar refractivity (Wildman–Crippen MR) is 67.6 cm³/mol. The average molecular weight is 306 g/mol. The Labute approximate surface area is 119 Å². The van der Waals surface area contributed by atoms with Crippen LogP contribution in [-0.4, -0.2) is 50.9 Å². The van der Waals surface area contributed by atoms with E-state index in [1.54, 1.807) is 4.90 Å². The van der Waals surface area contributed by atoms with Crippen LogP contribution in [0.4, 0.5) is 13.2 Å². The number of alkyl halides is 3. The molecule has 1 heterocycles. The summed E-state index contributed by atoms with van der Waals surface area (Å²) >= 11 is 0. The zero-order valence-corrected chi connectivity index (χ0v) is 11.9. The van der Waals surface area contributed by atoms with Crippen LogP contribution in [-0.2, 0) is 11.3 Å². The molecule has 6 nitrogen and oxygen atoms in total. The molecular weight excluding hydrogens is 289 g/mol. The zero-order chi connectivity index (χ0) is 16.0. The maximum absolute atomic E-state index is 12.2. The van der Waals surface area contributed by atoms with Gasteiger partial charge in [0.05, 0.1) is 6.20 Å². The molecule has 0 aromatic carbocycles. The van der Waals surface area contributed by atoms with Gasteiger partial charge in [0.15, 0.2) is 5.69 Å². The van der Waals surface area contributed by atoms with E-state index in [0.717, 1.165) is 10.9 Å². The van der Waals surface area contributed by atoms with E-state index in [0.29, 0.717) is 19.5 Å². The maximum atomic E-state index is 12.2. The number of nitrogens with zero attached hydrogens (tertiary/aromatic N) is 4. The van der Waals surface area contributed by atoms with E-state index in [2.05, 4.69) is 10.3 Å². The van der Waals surface area contributed by atoms with Crippen LogP contribution in [0.25, 0.3) is 0 Å². The minimum absolute atomic E-state index is 0.0216. The van der Waals surface area contributed by atoms with Crippen LogP contribution >= 0.6 is 0 Å². The Morgan fingerprint density at radius 3 is 2.43 bits per heavy atom. The number of rotatable bonds is 7. The van der Waals surface area contributed by atoms with Crippen molar-refractivity contribution in [2.24, 2.45) is 0 Å². The minimum atomic E-state index is -4.96. The van der Waals surface area contributed by atoms with Crippen molar-refractivity contribution in [2.45, 2.75) is 39.4 Å². The Bertz CT molecular complexity index is 495. The van der Waals surface area contributed by atoms with Crippen molar-refractivity contribution in [1.82, 2.24) is 19.9 Å². The Morgan fingerprint density at radius 1 is 1.29 bits per heavy atom. The van der Waals surface area contributed by atoms with E-state index in [4.69, 9.17) is 0 Å². The van der Waals surface area contributed by atoms with Gasteiger partial charge in [-0.3, -0.25) is 14.3 Å². The average Bonchev–Trinajstić information content (AvgIpc) is 2.87. The van der Waals surface area contributed by atoms with Gasteiger partial charge in [0.1, 0.15) is 0 Å². The third-order valence-electron chi connectivity index (χ3n) is 2.92. The molecule has 0 aliphatic carbocycles.